The van der Waals surface area contributed by atoms with Crippen molar-refractivity contribution in [3.63, 3.8) is 0 Å². The molecule has 1 aromatic heterocycles. The molecule has 2 saturated heterocycles. The summed E-state index contributed by atoms with van der Waals surface area (Å²) >= 11 is 0. The molecule has 2 aromatic carbocycles. The molecular formula is C46H61N5O11S. The van der Waals surface area contributed by atoms with E-state index < -0.39 is 61.9 Å². The van der Waals surface area contributed by atoms with Crippen LogP contribution in [-0.2, 0) is 42.0 Å². The van der Waals surface area contributed by atoms with Crippen molar-refractivity contribution in [2.24, 2.45) is 11.3 Å². The van der Waals surface area contributed by atoms with Crippen LogP contribution in [0.1, 0.15) is 68.3 Å². The van der Waals surface area contributed by atoms with E-state index in [9.17, 15) is 20.1 Å². The number of aromatic amines is 1. The molecule has 2 bridgehead atoms. The van der Waals surface area contributed by atoms with Crippen LogP contribution in [0, 0.1) is 11.3 Å². The van der Waals surface area contributed by atoms with Gasteiger partial charge in [0.2, 0.25) is 0 Å². The number of hydrogen-bond donors (Lipinski definition) is 7. The highest BCUT2D eigenvalue weighted by atomic mass is 32.3. The first-order chi connectivity index (χ1) is 29.8. The minimum Gasteiger partial charge on any atom is -0.496 e. The molecule has 1 unspecified atom stereocenters. The number of carbonyl (C=O) groups excluding carboxylic acids is 2. The van der Waals surface area contributed by atoms with E-state index in [0.29, 0.717) is 69.5 Å². The van der Waals surface area contributed by atoms with E-state index in [-0.39, 0.29) is 18.5 Å². The van der Waals surface area contributed by atoms with Crippen LogP contribution in [0.3, 0.4) is 0 Å². The third-order valence-electron chi connectivity index (χ3n) is 15.6. The fourth-order valence-electron chi connectivity index (χ4n) is 13.3. The highest BCUT2D eigenvalue weighted by molar-refractivity contribution is 7.79. The number of piperidine rings is 1. The molecule has 6 aliphatic rings. The van der Waals surface area contributed by atoms with Crippen molar-refractivity contribution in [1.82, 2.24) is 20.1 Å². The molecule has 6 heterocycles. The number of H-pyrrole nitrogens is 1. The second-order valence-corrected chi connectivity index (χ2v) is 19.5. The molecule has 1 spiro atoms. The number of amides is 1. The van der Waals surface area contributed by atoms with Gasteiger partial charge in [-0.05, 0) is 74.2 Å². The summed E-state index contributed by atoms with van der Waals surface area (Å²) in [4.78, 5) is 40.3. The summed E-state index contributed by atoms with van der Waals surface area (Å²) in [5, 5.41) is 41.6. The Labute approximate surface area is 368 Å². The predicted octanol–water partition coefficient (Wildman–Crippen LogP) is 2.90. The molecular weight excluding hydrogens is 831 g/mol. The van der Waals surface area contributed by atoms with E-state index in [2.05, 4.69) is 44.9 Å². The number of methoxy groups -OCH3 is 2. The third kappa shape index (κ3) is 6.67. The van der Waals surface area contributed by atoms with Crippen molar-refractivity contribution in [3.8, 4) is 5.75 Å². The molecule has 1 amide bonds. The number of likely N-dealkylation sites (N-methyl/N-ethyl adjacent to an activating group) is 1. The molecule has 342 valence electrons. The lowest BCUT2D eigenvalue weighted by Crippen LogP contribution is -2.81. The van der Waals surface area contributed by atoms with Crippen LogP contribution in [0.2, 0.25) is 0 Å². The van der Waals surface area contributed by atoms with Crippen LogP contribution in [0.25, 0.3) is 10.9 Å². The lowest BCUT2D eigenvalue weighted by atomic mass is 9.47. The number of aliphatic hydroxyl groups excluding tert-OH is 1. The number of aromatic nitrogens is 1. The quantitative estimate of drug-likeness (QED) is 0.0982. The Morgan fingerprint density at radius 3 is 2.44 bits per heavy atom. The number of fused-ring (bicyclic) bond motifs is 6. The minimum absolute atomic E-state index is 0.0802. The van der Waals surface area contributed by atoms with Crippen molar-refractivity contribution in [2.45, 2.75) is 92.6 Å². The summed E-state index contributed by atoms with van der Waals surface area (Å²) in [6.45, 7) is 11.4. The number of aliphatic hydroxyl groups is 3. The summed E-state index contributed by atoms with van der Waals surface area (Å²) in [7, 11) is 0.286. The lowest BCUT2D eigenvalue weighted by molar-refractivity contribution is -0.203. The van der Waals surface area contributed by atoms with E-state index in [0.717, 1.165) is 46.5 Å². The summed E-state index contributed by atoms with van der Waals surface area (Å²) in [5.41, 5.74) is -1.29. The first kappa shape index (κ1) is 45.2. The normalized spacial score (nSPS) is 35.4. The molecule has 0 radical (unpaired) electrons. The van der Waals surface area contributed by atoms with Gasteiger partial charge >= 0.3 is 16.4 Å². The monoisotopic (exact) mass is 891 g/mol. The zero-order valence-corrected chi connectivity index (χ0v) is 37.4. The van der Waals surface area contributed by atoms with E-state index in [1.165, 1.54) is 7.11 Å². The molecule has 9 rings (SSSR count). The summed E-state index contributed by atoms with van der Waals surface area (Å²) in [5.74, 6) is -0.666. The summed E-state index contributed by atoms with van der Waals surface area (Å²) in [6.07, 6.45) is 7.49. The van der Waals surface area contributed by atoms with E-state index in [1.54, 1.807) is 13.2 Å². The number of esters is 1. The fourth-order valence-corrected chi connectivity index (χ4v) is 13.3. The zero-order chi connectivity index (χ0) is 45.5. The number of benzene rings is 2. The molecule has 1 aliphatic carbocycles. The van der Waals surface area contributed by atoms with Crippen molar-refractivity contribution in [1.29, 1.82) is 0 Å². The lowest BCUT2D eigenvalue weighted by Gasteiger charge is -2.63. The van der Waals surface area contributed by atoms with Gasteiger partial charge in [-0.1, -0.05) is 50.3 Å². The zero-order valence-electron chi connectivity index (χ0n) is 36.6. The molecule has 3 fully saturated rings. The van der Waals surface area contributed by atoms with Gasteiger partial charge in [-0.3, -0.25) is 28.5 Å². The van der Waals surface area contributed by atoms with Crippen molar-refractivity contribution >= 4 is 38.9 Å². The van der Waals surface area contributed by atoms with Crippen LogP contribution >= 0.6 is 0 Å². The maximum Gasteiger partial charge on any atom is 0.394 e. The molecule has 16 nitrogen and oxygen atoms in total. The Hall–Kier alpha value is -4.33. The van der Waals surface area contributed by atoms with Gasteiger partial charge in [0.05, 0.1) is 25.9 Å². The van der Waals surface area contributed by atoms with Crippen molar-refractivity contribution in [3.05, 3.63) is 83.6 Å². The standard InChI is InChI=1S/C46H59N5O7.H2O4S/c1-7-18-47-40(53)46(56)38-44(17-21-51-19-12-16-43(9-3,37(44)51)39(46)52)31-22-32(35(57-5)23-34(31)49(38)4)45(41(54)58-6)25-28-24-42(55,8-2)27-50(26-28)20-15-30-29-13-10-11-14-33(29)48-36(30)45;1-5(2,3)4/h7,10-14,16,22-23,28,37-39,48,52,55-56H,1,8-9,15,17-21,24-27H2,2-6H3,(H,47,53);(H2,1,2,3,4)/t28-,37+,38-,39-,42+,43-,44-,45+,46+;/m1./s1. The number of rotatable bonds is 8. The fraction of sp³-hybridized carbons (Fsp3) is 0.565. The number of para-hydroxylation sites is 1. The first-order valence-electron chi connectivity index (χ1n) is 21.8. The second-order valence-electron chi connectivity index (χ2n) is 18.6. The van der Waals surface area contributed by atoms with Gasteiger partial charge in [0, 0.05) is 90.6 Å². The Balaban J connectivity index is 0.00000103. The van der Waals surface area contributed by atoms with E-state index in [1.807, 2.05) is 56.1 Å². The topological polar surface area (TPSA) is 225 Å². The molecule has 10 atom stereocenters. The Morgan fingerprint density at radius 1 is 1.05 bits per heavy atom. The Morgan fingerprint density at radius 2 is 1.78 bits per heavy atom. The molecule has 17 heteroatoms. The molecule has 63 heavy (non-hydrogen) atoms. The number of ether oxygens (including phenoxy) is 2. The van der Waals surface area contributed by atoms with Crippen LogP contribution in [0.5, 0.6) is 5.75 Å². The predicted molar refractivity (Wildman–Crippen MR) is 236 cm³/mol. The highest BCUT2D eigenvalue weighted by Crippen LogP contribution is 2.67. The minimum atomic E-state index is -4.67. The SMILES string of the molecule is C=CCNC(=O)[C@@]1(O)[C@H](O)[C@]2(CC)C=CCN3CC[C@@]4(c5cc([C@@]6(C(=O)OC)C[C@@H]7CN(CCc8c6[nH]c6ccccc86)C[C@](O)(CC)C7)c(OC)cc5N(C)[C@@H]14)[C@@H]32.O=S(=O)(O)O. The van der Waals surface area contributed by atoms with Crippen LogP contribution in [0.15, 0.2) is 61.2 Å². The van der Waals surface area contributed by atoms with Crippen molar-refractivity contribution in [2.75, 3.05) is 65.4 Å². The maximum atomic E-state index is 15.3. The van der Waals surface area contributed by atoms with Crippen LogP contribution in [0.4, 0.5) is 5.69 Å². The summed E-state index contributed by atoms with van der Waals surface area (Å²) in [6, 6.07) is 11.1. The van der Waals surface area contributed by atoms with Gasteiger partial charge < -0.3 is 40.0 Å². The average Bonchev–Trinajstić information content (AvgIpc) is 3.92. The average molecular weight is 892 g/mol. The molecule has 7 N–H and O–H groups in total. The Kier molecular flexibility index (Phi) is 11.5. The summed E-state index contributed by atoms with van der Waals surface area (Å²) < 4.78 is 43.9. The molecule has 3 aromatic rings. The van der Waals surface area contributed by atoms with Gasteiger partial charge in [0.1, 0.15) is 17.3 Å². The number of anilines is 1. The largest absolute Gasteiger partial charge is 0.496 e. The number of nitrogens with zero attached hydrogens (tertiary/aromatic N) is 3. The van der Waals surface area contributed by atoms with Crippen LogP contribution < -0.4 is 15.0 Å². The maximum absolute atomic E-state index is 15.3. The molecule has 1 saturated carbocycles. The van der Waals surface area contributed by atoms with Gasteiger partial charge in [-0.2, -0.15) is 8.42 Å². The van der Waals surface area contributed by atoms with E-state index >= 15 is 4.79 Å². The second kappa shape index (κ2) is 16.0. The number of hydrogen-bond acceptors (Lipinski definition) is 12. The van der Waals surface area contributed by atoms with E-state index in [4.69, 9.17) is 27.0 Å². The van der Waals surface area contributed by atoms with Gasteiger partial charge in [0.15, 0.2) is 5.60 Å². The van der Waals surface area contributed by atoms with Gasteiger partial charge in [-0.25, -0.2) is 0 Å². The van der Waals surface area contributed by atoms with Crippen LogP contribution in [-0.4, -0.2) is 149 Å². The van der Waals surface area contributed by atoms with Crippen molar-refractivity contribution < 1.29 is 51.9 Å². The number of carbonyl (C=O) groups is 2. The first-order valence-corrected chi connectivity index (χ1v) is 23.2. The van der Waals surface area contributed by atoms with Gasteiger partial charge in [0.25, 0.3) is 5.91 Å². The van der Waals surface area contributed by atoms with Gasteiger partial charge in [-0.15, -0.1) is 6.58 Å². The molecule has 5 aliphatic heterocycles. The third-order valence-corrected chi connectivity index (χ3v) is 15.6. The Bertz CT molecular complexity index is 2450. The smallest absolute Gasteiger partial charge is 0.394 e. The number of nitrogens with one attached hydrogen (secondary N) is 2. The highest BCUT2D eigenvalue weighted by Gasteiger charge is 2.78.